The van der Waals surface area contributed by atoms with E-state index in [1.807, 2.05) is 84.9 Å². The SMILES string of the molecule is NC(=O)[C@H](Cc1ccccc1Br)NC(=O)[C@H](Cc1ccccc1)NC(=O)OCc1ccccc1. The number of rotatable bonds is 10. The number of nitrogens with two attached hydrogens (primary N) is 1. The lowest BCUT2D eigenvalue weighted by atomic mass is 10.0. The molecule has 4 N–H and O–H groups in total. The minimum Gasteiger partial charge on any atom is -0.445 e. The van der Waals surface area contributed by atoms with Gasteiger partial charge in [0.15, 0.2) is 0 Å². The van der Waals surface area contributed by atoms with Crippen molar-refractivity contribution in [1.82, 2.24) is 10.6 Å². The maximum atomic E-state index is 13.1. The first-order valence-corrected chi connectivity index (χ1v) is 11.6. The zero-order chi connectivity index (χ0) is 24.3. The molecule has 0 aliphatic rings. The second-order valence-electron chi connectivity index (χ2n) is 7.71. The van der Waals surface area contributed by atoms with Crippen LogP contribution in [-0.2, 0) is 33.8 Å². The maximum absolute atomic E-state index is 13.1. The van der Waals surface area contributed by atoms with E-state index in [9.17, 15) is 14.4 Å². The maximum Gasteiger partial charge on any atom is 0.408 e. The summed E-state index contributed by atoms with van der Waals surface area (Å²) in [7, 11) is 0. The first kappa shape index (κ1) is 25.0. The number of primary amides is 1. The Morgan fingerprint density at radius 2 is 1.35 bits per heavy atom. The normalized spacial score (nSPS) is 12.3. The summed E-state index contributed by atoms with van der Waals surface area (Å²) in [5.74, 6) is -1.20. The topological polar surface area (TPSA) is 111 Å². The smallest absolute Gasteiger partial charge is 0.408 e. The monoisotopic (exact) mass is 523 g/mol. The molecule has 0 bridgehead atoms. The Labute approximate surface area is 206 Å². The van der Waals surface area contributed by atoms with Crippen LogP contribution in [0.5, 0.6) is 0 Å². The van der Waals surface area contributed by atoms with E-state index in [1.165, 1.54) is 0 Å². The molecule has 0 aliphatic carbocycles. The Hall–Kier alpha value is -3.65. The van der Waals surface area contributed by atoms with Gasteiger partial charge in [0.2, 0.25) is 11.8 Å². The van der Waals surface area contributed by atoms with Crippen LogP contribution in [0.2, 0.25) is 0 Å². The summed E-state index contributed by atoms with van der Waals surface area (Å²) in [6, 6.07) is 23.9. The summed E-state index contributed by atoms with van der Waals surface area (Å²) in [5.41, 5.74) is 8.05. The number of ether oxygens (including phenoxy) is 1. The fraction of sp³-hybridized carbons (Fsp3) is 0.192. The zero-order valence-corrected chi connectivity index (χ0v) is 20.0. The lowest BCUT2D eigenvalue weighted by molar-refractivity contribution is -0.128. The number of alkyl carbamates (subject to hydrolysis) is 1. The van der Waals surface area contributed by atoms with Crippen LogP contribution < -0.4 is 16.4 Å². The number of carbonyl (C=O) groups is 3. The van der Waals surface area contributed by atoms with Crippen molar-refractivity contribution in [2.45, 2.75) is 31.5 Å². The van der Waals surface area contributed by atoms with Crippen LogP contribution in [0.25, 0.3) is 0 Å². The number of nitrogens with one attached hydrogen (secondary N) is 2. The molecular formula is C26H26BrN3O4. The average molecular weight is 524 g/mol. The quantitative estimate of drug-likeness (QED) is 0.377. The van der Waals surface area contributed by atoms with Gasteiger partial charge in [0.1, 0.15) is 18.7 Å². The second-order valence-corrected chi connectivity index (χ2v) is 8.56. The molecular weight excluding hydrogens is 498 g/mol. The van der Waals surface area contributed by atoms with Crippen molar-refractivity contribution in [1.29, 1.82) is 0 Å². The van der Waals surface area contributed by atoms with E-state index in [0.29, 0.717) is 0 Å². The molecule has 3 aromatic carbocycles. The number of hydrogen-bond donors (Lipinski definition) is 3. The molecule has 0 aliphatic heterocycles. The van der Waals surface area contributed by atoms with Crippen molar-refractivity contribution >= 4 is 33.8 Å². The molecule has 0 saturated carbocycles. The number of carbonyl (C=O) groups excluding carboxylic acids is 3. The van der Waals surface area contributed by atoms with E-state index in [4.69, 9.17) is 10.5 Å². The molecule has 0 saturated heterocycles. The minimum atomic E-state index is -0.966. The fourth-order valence-electron chi connectivity index (χ4n) is 3.35. The van der Waals surface area contributed by atoms with E-state index >= 15 is 0 Å². The Bertz CT molecular complexity index is 1110. The highest BCUT2D eigenvalue weighted by atomic mass is 79.9. The van der Waals surface area contributed by atoms with E-state index in [2.05, 4.69) is 26.6 Å². The largest absolute Gasteiger partial charge is 0.445 e. The van der Waals surface area contributed by atoms with Crippen LogP contribution in [0.3, 0.4) is 0 Å². The highest BCUT2D eigenvalue weighted by Gasteiger charge is 2.27. The molecule has 3 aromatic rings. The molecule has 0 spiro atoms. The third-order valence-corrected chi connectivity index (χ3v) is 5.92. The molecule has 3 rings (SSSR count). The predicted octanol–water partition coefficient (Wildman–Crippen LogP) is 3.50. The van der Waals surface area contributed by atoms with Gasteiger partial charge >= 0.3 is 6.09 Å². The first-order chi connectivity index (χ1) is 16.4. The molecule has 0 fully saturated rings. The van der Waals surface area contributed by atoms with Crippen molar-refractivity contribution in [3.8, 4) is 0 Å². The molecule has 176 valence electrons. The predicted molar refractivity (Wildman–Crippen MR) is 133 cm³/mol. The van der Waals surface area contributed by atoms with E-state index in [0.717, 1.165) is 21.2 Å². The van der Waals surface area contributed by atoms with Crippen LogP contribution in [0.1, 0.15) is 16.7 Å². The summed E-state index contributed by atoms with van der Waals surface area (Å²) < 4.78 is 6.09. The van der Waals surface area contributed by atoms with Gasteiger partial charge in [0, 0.05) is 17.3 Å². The molecule has 0 aromatic heterocycles. The summed E-state index contributed by atoms with van der Waals surface area (Å²) in [4.78, 5) is 37.7. The van der Waals surface area contributed by atoms with Crippen LogP contribution in [0.15, 0.2) is 89.4 Å². The van der Waals surface area contributed by atoms with Gasteiger partial charge in [-0.1, -0.05) is 94.8 Å². The van der Waals surface area contributed by atoms with E-state index in [1.54, 1.807) is 0 Å². The third-order valence-electron chi connectivity index (χ3n) is 5.15. The van der Waals surface area contributed by atoms with Crippen molar-refractivity contribution < 1.29 is 19.1 Å². The number of amides is 3. The van der Waals surface area contributed by atoms with Gasteiger partial charge in [-0.15, -0.1) is 0 Å². The summed E-state index contributed by atoms with van der Waals surface area (Å²) in [6.45, 7) is 0.0678. The highest BCUT2D eigenvalue weighted by Crippen LogP contribution is 2.17. The van der Waals surface area contributed by atoms with E-state index < -0.39 is 30.0 Å². The summed E-state index contributed by atoms with van der Waals surface area (Å²) >= 11 is 3.44. The standard InChI is InChI=1S/C26H26BrN3O4/c27-21-14-8-7-13-20(21)16-22(24(28)31)29-25(32)23(15-18-9-3-1-4-10-18)30-26(33)34-17-19-11-5-2-6-12-19/h1-14,22-23H,15-17H2,(H2,28,31)(H,29,32)(H,30,33)/t22-,23-/m0/s1. The van der Waals surface area contributed by atoms with Gasteiger partial charge in [-0.2, -0.15) is 0 Å². The van der Waals surface area contributed by atoms with E-state index in [-0.39, 0.29) is 19.4 Å². The number of hydrogen-bond acceptors (Lipinski definition) is 4. The summed E-state index contributed by atoms with van der Waals surface area (Å²) in [5, 5.41) is 5.31. The molecule has 0 heterocycles. The number of halogens is 1. The zero-order valence-electron chi connectivity index (χ0n) is 18.4. The van der Waals surface area contributed by atoms with Crippen LogP contribution in [0.4, 0.5) is 4.79 Å². The van der Waals surface area contributed by atoms with Crippen LogP contribution in [-0.4, -0.2) is 30.0 Å². The van der Waals surface area contributed by atoms with Gasteiger partial charge in [-0.05, 0) is 22.8 Å². The molecule has 34 heavy (non-hydrogen) atoms. The summed E-state index contributed by atoms with van der Waals surface area (Å²) in [6.07, 6.45) is -0.312. The van der Waals surface area contributed by atoms with Gasteiger partial charge in [0.25, 0.3) is 0 Å². The lowest BCUT2D eigenvalue weighted by Crippen LogP contribution is -2.54. The van der Waals surface area contributed by atoms with Crippen molar-refractivity contribution in [3.05, 3.63) is 106 Å². The molecule has 0 radical (unpaired) electrons. The third kappa shape index (κ3) is 7.74. The molecule has 7 nitrogen and oxygen atoms in total. The molecule has 0 unspecified atom stereocenters. The molecule has 2 atom stereocenters. The van der Waals surface area contributed by atoms with Gasteiger partial charge in [-0.3, -0.25) is 9.59 Å². The van der Waals surface area contributed by atoms with Crippen LogP contribution in [0, 0.1) is 0 Å². The molecule has 8 heteroatoms. The lowest BCUT2D eigenvalue weighted by Gasteiger charge is -2.22. The van der Waals surface area contributed by atoms with Crippen molar-refractivity contribution in [2.24, 2.45) is 5.73 Å². The minimum absolute atomic E-state index is 0.0678. The van der Waals surface area contributed by atoms with Gasteiger partial charge in [0.05, 0.1) is 0 Å². The second kappa shape index (κ2) is 12.6. The highest BCUT2D eigenvalue weighted by molar-refractivity contribution is 9.10. The van der Waals surface area contributed by atoms with Crippen LogP contribution >= 0.6 is 15.9 Å². The van der Waals surface area contributed by atoms with Crippen molar-refractivity contribution in [2.75, 3.05) is 0 Å². The van der Waals surface area contributed by atoms with Gasteiger partial charge in [-0.25, -0.2) is 4.79 Å². The Morgan fingerprint density at radius 3 is 1.97 bits per heavy atom. The Kier molecular flexibility index (Phi) is 9.22. The first-order valence-electron chi connectivity index (χ1n) is 10.8. The average Bonchev–Trinajstić information content (AvgIpc) is 2.84. The Morgan fingerprint density at radius 1 is 0.765 bits per heavy atom. The number of benzene rings is 3. The van der Waals surface area contributed by atoms with Crippen molar-refractivity contribution in [3.63, 3.8) is 0 Å². The molecule has 3 amide bonds. The Balaban J connectivity index is 1.70. The fourth-order valence-corrected chi connectivity index (χ4v) is 3.79. The van der Waals surface area contributed by atoms with Gasteiger partial charge < -0.3 is 21.1 Å².